The lowest BCUT2D eigenvalue weighted by molar-refractivity contribution is -0.689. The van der Waals surface area contributed by atoms with Crippen molar-refractivity contribution in [3.8, 4) is 0 Å². The Morgan fingerprint density at radius 2 is 1.91 bits per heavy atom. The second-order valence-corrected chi connectivity index (χ2v) is 11.7. The maximum absolute atomic E-state index is 13.2. The molecule has 1 heterocycles. The van der Waals surface area contributed by atoms with E-state index < -0.39 is 0 Å². The quantitative estimate of drug-likeness (QED) is 0.255. The smallest absolute Gasteiger partial charge is 0.312 e. The normalized spacial score (nSPS) is 30.4. The van der Waals surface area contributed by atoms with Crippen molar-refractivity contribution in [2.24, 2.45) is 22.7 Å². The zero-order chi connectivity index (χ0) is 22.5. The average molecular weight is 456 g/mol. The summed E-state index contributed by atoms with van der Waals surface area (Å²) < 4.78 is 8.04. The highest BCUT2D eigenvalue weighted by atomic mass is 32.1. The molecule has 0 amide bonds. The van der Waals surface area contributed by atoms with Gasteiger partial charge in [-0.3, -0.25) is 14.9 Å². The Labute approximate surface area is 192 Å². The molecule has 0 aliphatic heterocycles. The van der Waals surface area contributed by atoms with Crippen LogP contribution in [0, 0.1) is 39.7 Å². The van der Waals surface area contributed by atoms with Crippen LogP contribution in [0.2, 0.25) is 0 Å². The predicted molar refractivity (Wildman–Crippen MR) is 121 cm³/mol. The molecule has 1 aromatic carbocycles. The van der Waals surface area contributed by atoms with Crippen LogP contribution in [-0.4, -0.2) is 17.5 Å². The number of nitro groups is 1. The SMILES string of the molecule is Cc1c(CCOC(=O)C23C[C@H]4C[C@@H](CC(C)(C4)C2)C3)sc[n+]1Cc1ccc([N+](=O)[O-])cc1. The van der Waals surface area contributed by atoms with Crippen LogP contribution in [0.15, 0.2) is 29.8 Å². The number of carbonyl (C=O) groups is 1. The molecule has 4 bridgehead atoms. The number of non-ortho nitro benzene ring substituents is 1. The van der Waals surface area contributed by atoms with Gasteiger partial charge in [-0.1, -0.05) is 18.3 Å². The molecular weight excluding hydrogens is 424 g/mol. The number of hydrogen-bond acceptors (Lipinski definition) is 5. The van der Waals surface area contributed by atoms with Crippen molar-refractivity contribution < 1.29 is 19.0 Å². The highest BCUT2D eigenvalue weighted by Crippen LogP contribution is 2.65. The molecule has 6 rings (SSSR count). The molecule has 7 heteroatoms. The summed E-state index contributed by atoms with van der Waals surface area (Å²) in [5.74, 6) is 1.48. The van der Waals surface area contributed by atoms with Gasteiger partial charge in [-0.2, -0.15) is 4.57 Å². The summed E-state index contributed by atoms with van der Waals surface area (Å²) in [5.41, 5.74) is 4.49. The Morgan fingerprint density at radius 1 is 1.22 bits per heavy atom. The summed E-state index contributed by atoms with van der Waals surface area (Å²) in [7, 11) is 0. The number of esters is 1. The van der Waals surface area contributed by atoms with E-state index in [1.165, 1.54) is 24.1 Å². The van der Waals surface area contributed by atoms with Gasteiger partial charge in [0, 0.05) is 31.0 Å². The molecule has 32 heavy (non-hydrogen) atoms. The lowest BCUT2D eigenvalue weighted by Gasteiger charge is -2.59. The van der Waals surface area contributed by atoms with Crippen molar-refractivity contribution in [2.75, 3.05) is 6.61 Å². The van der Waals surface area contributed by atoms with Crippen LogP contribution in [0.5, 0.6) is 0 Å². The van der Waals surface area contributed by atoms with Gasteiger partial charge in [0.1, 0.15) is 0 Å². The molecular formula is C25H31N2O4S+. The third-order valence-electron chi connectivity index (χ3n) is 8.01. The molecule has 170 valence electrons. The molecule has 0 spiro atoms. The molecule has 4 aliphatic rings. The van der Waals surface area contributed by atoms with Crippen molar-refractivity contribution in [3.63, 3.8) is 0 Å². The van der Waals surface area contributed by atoms with Crippen LogP contribution in [0.25, 0.3) is 0 Å². The standard InChI is InChI=1S/C25H31N2O4S/c1-17-22(32-16-26(17)14-18-3-5-21(6-4-18)27(29)30)7-8-31-23(28)25-12-19-9-20(13-25)11-24(2,10-19)15-25/h3-6,16,19-20H,7-15H2,1-2H3/q+1/t19-,20-,24?,25?/m0/s1. The van der Waals surface area contributed by atoms with Crippen LogP contribution in [-0.2, 0) is 22.5 Å². The van der Waals surface area contributed by atoms with Crippen LogP contribution in [0.3, 0.4) is 0 Å². The predicted octanol–water partition coefficient (Wildman–Crippen LogP) is 4.99. The molecule has 0 unspecified atom stereocenters. The average Bonchev–Trinajstić information content (AvgIpc) is 3.06. The first-order chi connectivity index (χ1) is 15.3. The zero-order valence-corrected chi connectivity index (χ0v) is 19.7. The maximum Gasteiger partial charge on any atom is 0.312 e. The topological polar surface area (TPSA) is 73.3 Å². The fraction of sp³-hybridized carbons (Fsp3) is 0.600. The molecule has 4 aliphatic carbocycles. The van der Waals surface area contributed by atoms with Gasteiger partial charge in [-0.05, 0) is 67.9 Å². The summed E-state index contributed by atoms with van der Waals surface area (Å²) in [6.07, 6.45) is 7.71. The van der Waals surface area contributed by atoms with Crippen molar-refractivity contribution in [1.82, 2.24) is 0 Å². The number of aromatic nitrogens is 1. The Hall–Kier alpha value is -2.28. The summed E-state index contributed by atoms with van der Waals surface area (Å²) >= 11 is 1.68. The first-order valence-electron chi connectivity index (χ1n) is 11.6. The fourth-order valence-electron chi connectivity index (χ4n) is 7.12. The monoisotopic (exact) mass is 455 g/mol. The minimum absolute atomic E-state index is 0.0470. The van der Waals surface area contributed by atoms with E-state index in [0.717, 1.165) is 36.9 Å². The van der Waals surface area contributed by atoms with Gasteiger partial charge in [0.25, 0.3) is 5.69 Å². The van der Waals surface area contributed by atoms with Gasteiger partial charge in [0.2, 0.25) is 5.51 Å². The third kappa shape index (κ3) is 3.96. The van der Waals surface area contributed by atoms with E-state index in [9.17, 15) is 14.9 Å². The molecule has 4 fully saturated rings. The zero-order valence-electron chi connectivity index (χ0n) is 18.8. The van der Waals surface area contributed by atoms with E-state index in [1.807, 2.05) is 0 Å². The number of nitro benzene ring substituents is 1. The first-order valence-corrected chi connectivity index (χ1v) is 12.5. The van der Waals surface area contributed by atoms with Crippen LogP contribution in [0.1, 0.15) is 61.6 Å². The van der Waals surface area contributed by atoms with Crippen molar-refractivity contribution in [2.45, 2.75) is 65.3 Å². The largest absolute Gasteiger partial charge is 0.465 e. The van der Waals surface area contributed by atoms with Crippen LogP contribution in [0.4, 0.5) is 5.69 Å². The molecule has 0 radical (unpaired) electrons. The second kappa shape index (κ2) is 7.94. The second-order valence-electron chi connectivity index (χ2n) is 10.7. The minimum Gasteiger partial charge on any atom is -0.465 e. The van der Waals surface area contributed by atoms with Crippen LogP contribution < -0.4 is 4.57 Å². The fourth-order valence-corrected chi connectivity index (χ4v) is 8.09. The van der Waals surface area contributed by atoms with E-state index in [-0.39, 0.29) is 22.0 Å². The Kier molecular flexibility index (Phi) is 5.35. The van der Waals surface area contributed by atoms with Gasteiger partial charge >= 0.3 is 5.97 Å². The number of rotatable bonds is 7. The highest BCUT2D eigenvalue weighted by Gasteiger charge is 2.59. The van der Waals surface area contributed by atoms with E-state index in [4.69, 9.17) is 4.74 Å². The maximum atomic E-state index is 13.2. The van der Waals surface area contributed by atoms with Gasteiger partial charge in [0.05, 0.1) is 21.8 Å². The summed E-state index contributed by atoms with van der Waals surface area (Å²) in [6.45, 7) is 5.57. The summed E-state index contributed by atoms with van der Waals surface area (Å²) in [5, 5.41) is 10.8. The van der Waals surface area contributed by atoms with Crippen molar-refractivity contribution in [1.29, 1.82) is 0 Å². The minimum atomic E-state index is -0.379. The molecule has 0 N–H and O–H groups in total. The van der Waals surface area contributed by atoms with Gasteiger partial charge in [-0.15, -0.1) is 0 Å². The lowest BCUT2D eigenvalue weighted by Crippen LogP contribution is -2.54. The van der Waals surface area contributed by atoms with E-state index in [2.05, 4.69) is 23.9 Å². The number of carbonyl (C=O) groups excluding carboxylic acids is 1. The first kappa shape index (κ1) is 21.6. The number of nitrogens with zero attached hydrogens (tertiary/aromatic N) is 2. The van der Waals surface area contributed by atoms with Gasteiger partial charge < -0.3 is 4.74 Å². The lowest BCUT2D eigenvalue weighted by atomic mass is 9.44. The Morgan fingerprint density at radius 3 is 2.53 bits per heavy atom. The molecule has 2 aromatic rings. The summed E-state index contributed by atoms with van der Waals surface area (Å²) in [6, 6.07) is 6.69. The van der Waals surface area contributed by atoms with Gasteiger partial charge in [-0.25, -0.2) is 0 Å². The van der Waals surface area contributed by atoms with Gasteiger partial charge in [0.15, 0.2) is 12.2 Å². The molecule has 1 aromatic heterocycles. The number of ether oxygens (including phenoxy) is 1. The van der Waals surface area contributed by atoms with Crippen molar-refractivity contribution in [3.05, 3.63) is 56.0 Å². The molecule has 2 atom stereocenters. The Balaban J connectivity index is 1.18. The Bertz CT molecular complexity index is 1030. The van der Waals surface area contributed by atoms with E-state index in [0.29, 0.717) is 30.4 Å². The molecule has 0 saturated heterocycles. The molecule has 4 saturated carbocycles. The third-order valence-corrected chi connectivity index (χ3v) is 9.15. The number of thiazole rings is 1. The highest BCUT2D eigenvalue weighted by molar-refractivity contribution is 7.09. The summed E-state index contributed by atoms with van der Waals surface area (Å²) in [4.78, 5) is 24.8. The van der Waals surface area contributed by atoms with E-state index >= 15 is 0 Å². The molecule has 6 nitrogen and oxygen atoms in total. The van der Waals surface area contributed by atoms with Crippen LogP contribution >= 0.6 is 11.3 Å². The van der Waals surface area contributed by atoms with Crippen molar-refractivity contribution >= 4 is 23.0 Å². The number of hydrogen-bond donors (Lipinski definition) is 0. The van der Waals surface area contributed by atoms with E-state index in [1.54, 1.807) is 35.6 Å². The number of benzene rings is 1.